The highest BCUT2D eigenvalue weighted by Crippen LogP contribution is 2.28. The average Bonchev–Trinajstić information content (AvgIpc) is 3.09. The van der Waals surface area contributed by atoms with E-state index in [1.165, 1.54) is 0 Å². The van der Waals surface area contributed by atoms with Crippen molar-refractivity contribution in [1.29, 1.82) is 0 Å². The van der Waals surface area contributed by atoms with Crippen LogP contribution in [0.2, 0.25) is 0 Å². The molecule has 1 aliphatic rings. The lowest BCUT2D eigenvalue weighted by atomic mass is 10.1. The Kier molecular flexibility index (Phi) is 7.28. The summed E-state index contributed by atoms with van der Waals surface area (Å²) in [5.41, 5.74) is 1.58. The first-order valence-electron chi connectivity index (χ1n) is 10.5. The molecule has 1 amide bonds. The van der Waals surface area contributed by atoms with Gasteiger partial charge in [-0.25, -0.2) is 4.79 Å². The van der Waals surface area contributed by atoms with Gasteiger partial charge in [0.25, 0.3) is 0 Å². The molecule has 7 heteroatoms. The monoisotopic (exact) mass is 401 g/mol. The summed E-state index contributed by atoms with van der Waals surface area (Å²) in [5.74, 6) is 0.0724. The summed E-state index contributed by atoms with van der Waals surface area (Å²) in [5, 5.41) is 0.953. The van der Waals surface area contributed by atoms with Gasteiger partial charge in [0.1, 0.15) is 5.58 Å². The van der Waals surface area contributed by atoms with Crippen molar-refractivity contribution in [3.8, 4) is 0 Å². The number of para-hydroxylation sites is 1. The minimum atomic E-state index is -0.415. The summed E-state index contributed by atoms with van der Waals surface area (Å²) in [6, 6.07) is 7.71. The van der Waals surface area contributed by atoms with Crippen LogP contribution in [0.15, 0.2) is 28.7 Å². The van der Waals surface area contributed by atoms with E-state index in [1.54, 1.807) is 6.92 Å². The van der Waals surface area contributed by atoms with Crippen molar-refractivity contribution < 1.29 is 18.7 Å². The molecule has 2 heterocycles. The fraction of sp³-hybridized carbons (Fsp3) is 0.545. The number of nitrogens with zero attached hydrogens (tertiary/aromatic N) is 3. The molecule has 0 N–H and O–H groups in total. The molecular weight excluding hydrogens is 370 g/mol. The molecule has 1 aromatic carbocycles. The summed E-state index contributed by atoms with van der Waals surface area (Å²) < 4.78 is 11.0. The summed E-state index contributed by atoms with van der Waals surface area (Å²) in [6.45, 7) is 12.1. The van der Waals surface area contributed by atoms with Crippen molar-refractivity contribution in [1.82, 2.24) is 14.7 Å². The van der Waals surface area contributed by atoms with Gasteiger partial charge in [-0.2, -0.15) is 0 Å². The normalized spacial score (nSPS) is 15.6. The van der Waals surface area contributed by atoms with Crippen molar-refractivity contribution in [3.05, 3.63) is 35.6 Å². The lowest BCUT2D eigenvalue weighted by Gasteiger charge is -2.35. The largest absolute Gasteiger partial charge is 0.460 e. The zero-order valence-corrected chi connectivity index (χ0v) is 17.6. The van der Waals surface area contributed by atoms with E-state index in [2.05, 4.69) is 9.80 Å². The van der Waals surface area contributed by atoms with Gasteiger partial charge in [-0.15, -0.1) is 0 Å². The van der Waals surface area contributed by atoms with Crippen LogP contribution >= 0.6 is 0 Å². The number of benzene rings is 1. The molecule has 7 nitrogen and oxygen atoms in total. The first kappa shape index (κ1) is 21.3. The van der Waals surface area contributed by atoms with Crippen LogP contribution in [-0.4, -0.2) is 79.0 Å². The van der Waals surface area contributed by atoms with Gasteiger partial charge in [0.05, 0.1) is 13.2 Å². The number of ether oxygens (including phenoxy) is 1. The van der Waals surface area contributed by atoms with Crippen LogP contribution in [0.25, 0.3) is 11.0 Å². The molecule has 0 bridgehead atoms. The maximum absolute atomic E-state index is 12.4. The smallest absolute Gasteiger partial charge is 0.374 e. The van der Waals surface area contributed by atoms with Crippen molar-refractivity contribution in [3.63, 3.8) is 0 Å². The highest BCUT2D eigenvalue weighted by molar-refractivity contribution is 5.96. The molecule has 0 atom stereocenters. The molecule has 0 radical (unpaired) electrons. The molecule has 0 saturated carbocycles. The lowest BCUT2D eigenvalue weighted by Crippen LogP contribution is -2.49. The molecule has 0 unspecified atom stereocenters. The van der Waals surface area contributed by atoms with Gasteiger partial charge >= 0.3 is 5.97 Å². The standard InChI is InChI=1S/C22H31N3O4/c1-4-25(5-2)20(26)16-24-13-11-23(12-14-24)15-18-17-9-7-8-10-19(17)29-21(18)22(27)28-6-3/h7-10H,4-6,11-16H2,1-3H3. The van der Waals surface area contributed by atoms with Crippen molar-refractivity contribution >= 4 is 22.8 Å². The van der Waals surface area contributed by atoms with E-state index in [9.17, 15) is 9.59 Å². The minimum Gasteiger partial charge on any atom is -0.460 e. The van der Waals surface area contributed by atoms with Gasteiger partial charge in [0.15, 0.2) is 0 Å². The van der Waals surface area contributed by atoms with Crippen molar-refractivity contribution in [2.75, 3.05) is 52.4 Å². The summed E-state index contributed by atoms with van der Waals surface area (Å²) in [7, 11) is 0. The molecular formula is C22H31N3O4. The Morgan fingerprint density at radius 1 is 1.03 bits per heavy atom. The first-order valence-corrected chi connectivity index (χ1v) is 10.5. The summed E-state index contributed by atoms with van der Waals surface area (Å²) in [6.07, 6.45) is 0. The highest BCUT2D eigenvalue weighted by atomic mass is 16.5. The first-order chi connectivity index (χ1) is 14.1. The average molecular weight is 402 g/mol. The maximum Gasteiger partial charge on any atom is 0.374 e. The summed E-state index contributed by atoms with van der Waals surface area (Å²) >= 11 is 0. The predicted octanol–water partition coefficient (Wildman–Crippen LogP) is 2.60. The van der Waals surface area contributed by atoms with E-state index in [1.807, 2.05) is 43.0 Å². The fourth-order valence-corrected chi connectivity index (χ4v) is 3.81. The molecule has 2 aromatic rings. The molecule has 158 valence electrons. The number of carbonyl (C=O) groups is 2. The molecule has 0 spiro atoms. The minimum absolute atomic E-state index is 0.189. The molecule has 0 aliphatic carbocycles. The van der Waals surface area contributed by atoms with Gasteiger partial charge in [0.2, 0.25) is 11.7 Å². The number of hydrogen-bond donors (Lipinski definition) is 0. The van der Waals surface area contributed by atoms with E-state index in [0.717, 1.165) is 50.2 Å². The molecule has 1 aliphatic heterocycles. The Balaban J connectivity index is 1.66. The Morgan fingerprint density at radius 2 is 1.69 bits per heavy atom. The van der Waals surface area contributed by atoms with Crippen LogP contribution in [-0.2, 0) is 16.1 Å². The van der Waals surface area contributed by atoms with E-state index >= 15 is 0 Å². The number of rotatable bonds is 8. The number of hydrogen-bond acceptors (Lipinski definition) is 6. The van der Waals surface area contributed by atoms with Crippen LogP contribution in [0.5, 0.6) is 0 Å². The van der Waals surface area contributed by atoms with E-state index < -0.39 is 5.97 Å². The molecule has 1 fully saturated rings. The summed E-state index contributed by atoms with van der Waals surface area (Å²) in [4.78, 5) is 31.1. The lowest BCUT2D eigenvalue weighted by molar-refractivity contribution is -0.132. The zero-order valence-electron chi connectivity index (χ0n) is 17.6. The number of amides is 1. The molecule has 1 aromatic heterocycles. The Hall–Kier alpha value is -2.38. The highest BCUT2D eigenvalue weighted by Gasteiger charge is 2.26. The second-order valence-electron chi connectivity index (χ2n) is 7.24. The number of likely N-dealkylation sites (N-methyl/N-ethyl adjacent to an activating group) is 1. The van der Waals surface area contributed by atoms with E-state index in [-0.39, 0.29) is 5.91 Å². The number of esters is 1. The van der Waals surface area contributed by atoms with Gasteiger partial charge in [-0.1, -0.05) is 18.2 Å². The van der Waals surface area contributed by atoms with E-state index in [0.29, 0.717) is 31.0 Å². The van der Waals surface area contributed by atoms with Gasteiger partial charge < -0.3 is 14.1 Å². The number of furan rings is 1. The molecule has 29 heavy (non-hydrogen) atoms. The zero-order chi connectivity index (χ0) is 20.8. The van der Waals surface area contributed by atoms with Gasteiger partial charge in [-0.3, -0.25) is 14.6 Å². The quantitative estimate of drug-likeness (QED) is 0.634. The predicted molar refractivity (Wildman–Crippen MR) is 112 cm³/mol. The molecule has 3 rings (SSSR count). The maximum atomic E-state index is 12.4. The van der Waals surface area contributed by atoms with Crippen molar-refractivity contribution in [2.24, 2.45) is 0 Å². The number of carbonyl (C=O) groups excluding carboxylic acids is 2. The Labute approximate surface area is 172 Å². The second kappa shape index (κ2) is 9.89. The van der Waals surface area contributed by atoms with E-state index in [4.69, 9.17) is 9.15 Å². The topological polar surface area (TPSA) is 66.2 Å². The fourth-order valence-electron chi connectivity index (χ4n) is 3.81. The van der Waals surface area contributed by atoms with Crippen LogP contribution in [0.4, 0.5) is 0 Å². The van der Waals surface area contributed by atoms with Crippen LogP contribution < -0.4 is 0 Å². The third-order valence-electron chi connectivity index (χ3n) is 5.48. The van der Waals surface area contributed by atoms with Crippen LogP contribution in [0, 0.1) is 0 Å². The molecule has 1 saturated heterocycles. The Bertz CT molecular complexity index is 836. The SMILES string of the molecule is CCOC(=O)c1oc2ccccc2c1CN1CCN(CC(=O)N(CC)CC)CC1. The second-order valence-corrected chi connectivity index (χ2v) is 7.24. The van der Waals surface area contributed by atoms with Gasteiger partial charge in [-0.05, 0) is 26.8 Å². The van der Waals surface area contributed by atoms with Crippen LogP contribution in [0.1, 0.15) is 36.9 Å². The van der Waals surface area contributed by atoms with Gasteiger partial charge in [0, 0.05) is 56.8 Å². The Morgan fingerprint density at radius 3 is 2.34 bits per heavy atom. The third kappa shape index (κ3) is 4.97. The van der Waals surface area contributed by atoms with Crippen molar-refractivity contribution in [2.45, 2.75) is 27.3 Å². The number of fused-ring (bicyclic) bond motifs is 1. The number of piperazine rings is 1. The van der Waals surface area contributed by atoms with Crippen LogP contribution in [0.3, 0.4) is 0 Å². The third-order valence-corrected chi connectivity index (χ3v) is 5.48.